The van der Waals surface area contributed by atoms with Crippen LogP contribution in [0.3, 0.4) is 0 Å². The van der Waals surface area contributed by atoms with Gasteiger partial charge in [0, 0.05) is 24.9 Å². The fourth-order valence-electron chi connectivity index (χ4n) is 3.67. The summed E-state index contributed by atoms with van der Waals surface area (Å²) in [4.78, 5) is 37.1. The third-order valence-electron chi connectivity index (χ3n) is 5.31. The molecule has 0 aliphatic heterocycles. The van der Waals surface area contributed by atoms with Crippen molar-refractivity contribution >= 4 is 18.2 Å². The summed E-state index contributed by atoms with van der Waals surface area (Å²) < 4.78 is 5.79. The van der Waals surface area contributed by atoms with E-state index in [-0.39, 0.29) is 12.3 Å². The normalized spacial score (nSPS) is 20.4. The van der Waals surface area contributed by atoms with E-state index in [2.05, 4.69) is 0 Å². The lowest BCUT2D eigenvalue weighted by Gasteiger charge is -2.40. The SMILES string of the molecule is CCCN(Cc1ccc(Oc2ccccc2)cc1)C(=O)C1CC(C(=O)O)C1C=O. The largest absolute Gasteiger partial charge is 0.481 e. The second-order valence-electron chi connectivity index (χ2n) is 7.32. The quantitative estimate of drug-likeness (QED) is 0.654. The Kier molecular flexibility index (Phi) is 6.65. The lowest BCUT2D eigenvalue weighted by molar-refractivity contribution is -0.160. The van der Waals surface area contributed by atoms with Crippen LogP contribution < -0.4 is 4.74 Å². The van der Waals surface area contributed by atoms with Crippen LogP contribution in [0.5, 0.6) is 11.5 Å². The van der Waals surface area contributed by atoms with E-state index in [9.17, 15) is 14.4 Å². The van der Waals surface area contributed by atoms with E-state index in [1.807, 2.05) is 61.5 Å². The summed E-state index contributed by atoms with van der Waals surface area (Å²) in [5, 5.41) is 9.15. The number of aliphatic carboxylic acids is 1. The number of carboxylic acid groups (broad SMARTS) is 1. The van der Waals surface area contributed by atoms with Gasteiger partial charge in [-0.1, -0.05) is 37.3 Å². The number of amides is 1. The van der Waals surface area contributed by atoms with E-state index in [4.69, 9.17) is 9.84 Å². The Balaban J connectivity index is 1.65. The Labute approximate surface area is 170 Å². The van der Waals surface area contributed by atoms with Gasteiger partial charge in [-0.05, 0) is 42.7 Å². The van der Waals surface area contributed by atoms with Crippen molar-refractivity contribution in [3.8, 4) is 11.5 Å². The van der Waals surface area contributed by atoms with E-state index < -0.39 is 23.7 Å². The zero-order valence-corrected chi connectivity index (χ0v) is 16.4. The third-order valence-corrected chi connectivity index (χ3v) is 5.31. The highest BCUT2D eigenvalue weighted by molar-refractivity contribution is 5.88. The van der Waals surface area contributed by atoms with Crippen LogP contribution in [-0.2, 0) is 20.9 Å². The van der Waals surface area contributed by atoms with Crippen LogP contribution in [0.1, 0.15) is 25.3 Å². The van der Waals surface area contributed by atoms with Crippen LogP contribution in [0.15, 0.2) is 54.6 Å². The highest BCUT2D eigenvalue weighted by Gasteiger charge is 2.50. The van der Waals surface area contributed by atoms with Gasteiger partial charge in [0.15, 0.2) is 0 Å². The van der Waals surface area contributed by atoms with Crippen molar-refractivity contribution in [3.63, 3.8) is 0 Å². The van der Waals surface area contributed by atoms with Crippen LogP contribution in [0.2, 0.25) is 0 Å². The van der Waals surface area contributed by atoms with Crippen molar-refractivity contribution in [3.05, 3.63) is 60.2 Å². The summed E-state index contributed by atoms with van der Waals surface area (Å²) in [6.45, 7) is 2.95. The zero-order chi connectivity index (χ0) is 20.8. The first-order valence-electron chi connectivity index (χ1n) is 9.82. The van der Waals surface area contributed by atoms with Gasteiger partial charge in [-0.2, -0.15) is 0 Å². The molecule has 0 heterocycles. The van der Waals surface area contributed by atoms with Crippen LogP contribution in [0.25, 0.3) is 0 Å². The van der Waals surface area contributed by atoms with Crippen LogP contribution >= 0.6 is 0 Å². The summed E-state index contributed by atoms with van der Waals surface area (Å²) in [7, 11) is 0. The molecule has 0 bridgehead atoms. The molecular weight excluding hydrogens is 370 g/mol. The van der Waals surface area contributed by atoms with Crippen LogP contribution in [0, 0.1) is 17.8 Å². The highest BCUT2D eigenvalue weighted by Crippen LogP contribution is 2.40. The van der Waals surface area contributed by atoms with E-state index >= 15 is 0 Å². The minimum atomic E-state index is -1.01. The van der Waals surface area contributed by atoms with Crippen molar-refractivity contribution in [1.29, 1.82) is 0 Å². The van der Waals surface area contributed by atoms with Gasteiger partial charge in [0.05, 0.1) is 5.92 Å². The molecule has 3 unspecified atom stereocenters. The molecule has 0 spiro atoms. The molecule has 0 saturated heterocycles. The van der Waals surface area contributed by atoms with Crippen molar-refractivity contribution < 1.29 is 24.2 Å². The molecule has 3 rings (SSSR count). The Hall–Kier alpha value is -3.15. The molecule has 1 N–H and O–H groups in total. The van der Waals surface area contributed by atoms with Crippen LogP contribution in [0.4, 0.5) is 0 Å². The number of carboxylic acids is 1. The zero-order valence-electron chi connectivity index (χ0n) is 16.4. The molecule has 2 aromatic carbocycles. The number of aldehydes is 1. The summed E-state index contributed by atoms with van der Waals surface area (Å²) in [6.07, 6.45) is 1.62. The fraction of sp³-hybridized carbons (Fsp3) is 0.348. The molecule has 2 aromatic rings. The monoisotopic (exact) mass is 395 g/mol. The molecule has 3 atom stereocenters. The van der Waals surface area contributed by atoms with E-state index in [1.54, 1.807) is 4.90 Å². The second kappa shape index (κ2) is 9.37. The fourth-order valence-corrected chi connectivity index (χ4v) is 3.67. The molecule has 1 aliphatic rings. The topological polar surface area (TPSA) is 83.9 Å². The number of nitrogens with zero attached hydrogens (tertiary/aromatic N) is 1. The van der Waals surface area contributed by atoms with Gasteiger partial charge in [0.1, 0.15) is 17.8 Å². The predicted octanol–water partition coefficient (Wildman–Crippen LogP) is 3.75. The van der Waals surface area contributed by atoms with Crippen molar-refractivity contribution in [1.82, 2.24) is 4.90 Å². The minimum absolute atomic E-state index is 0.147. The Morgan fingerprint density at radius 1 is 1.07 bits per heavy atom. The van der Waals surface area contributed by atoms with E-state index in [0.717, 1.165) is 17.7 Å². The van der Waals surface area contributed by atoms with E-state index in [1.165, 1.54) is 0 Å². The van der Waals surface area contributed by atoms with Gasteiger partial charge in [-0.15, -0.1) is 0 Å². The summed E-state index contributed by atoms with van der Waals surface area (Å²) in [5.41, 5.74) is 0.948. The first-order chi connectivity index (χ1) is 14.0. The maximum atomic E-state index is 12.9. The number of carbonyl (C=O) groups is 3. The predicted molar refractivity (Wildman–Crippen MR) is 107 cm³/mol. The lowest BCUT2D eigenvalue weighted by Crippen LogP contribution is -2.51. The molecule has 0 radical (unpaired) electrons. The first-order valence-corrected chi connectivity index (χ1v) is 9.82. The average molecular weight is 395 g/mol. The molecule has 0 aromatic heterocycles. The summed E-state index contributed by atoms with van der Waals surface area (Å²) in [6, 6.07) is 17.0. The van der Waals surface area contributed by atoms with Crippen molar-refractivity contribution in [2.75, 3.05) is 6.54 Å². The molecule has 1 saturated carbocycles. The Morgan fingerprint density at radius 3 is 2.31 bits per heavy atom. The summed E-state index contributed by atoms with van der Waals surface area (Å²) in [5.74, 6) is -1.73. The van der Waals surface area contributed by atoms with Gasteiger partial charge in [0.2, 0.25) is 5.91 Å². The Bertz CT molecular complexity index is 849. The van der Waals surface area contributed by atoms with Gasteiger partial charge in [-0.25, -0.2) is 0 Å². The molecule has 6 heteroatoms. The van der Waals surface area contributed by atoms with Crippen molar-refractivity contribution in [2.45, 2.75) is 26.3 Å². The lowest BCUT2D eigenvalue weighted by atomic mass is 9.64. The molecule has 1 amide bonds. The average Bonchev–Trinajstić information content (AvgIpc) is 2.69. The van der Waals surface area contributed by atoms with Crippen molar-refractivity contribution in [2.24, 2.45) is 17.8 Å². The third kappa shape index (κ3) is 4.83. The molecule has 152 valence electrons. The number of para-hydroxylation sites is 1. The standard InChI is InChI=1S/C23H25NO5/c1-2-12-24(22(26)19-13-20(23(27)28)21(19)15-25)14-16-8-10-18(11-9-16)29-17-6-4-3-5-7-17/h3-11,15,19-21H,2,12-14H2,1H3,(H,27,28). The molecule has 1 aliphatic carbocycles. The van der Waals surface area contributed by atoms with Crippen LogP contribution in [-0.4, -0.2) is 34.7 Å². The van der Waals surface area contributed by atoms with E-state index in [0.29, 0.717) is 25.1 Å². The number of rotatable bonds is 9. The molecular formula is C23H25NO5. The highest BCUT2D eigenvalue weighted by atomic mass is 16.5. The number of hydrogen-bond acceptors (Lipinski definition) is 4. The number of benzene rings is 2. The van der Waals surface area contributed by atoms with Gasteiger partial charge < -0.3 is 19.5 Å². The second-order valence-corrected chi connectivity index (χ2v) is 7.32. The summed E-state index contributed by atoms with van der Waals surface area (Å²) >= 11 is 0. The minimum Gasteiger partial charge on any atom is -0.481 e. The molecule has 6 nitrogen and oxygen atoms in total. The maximum Gasteiger partial charge on any atom is 0.307 e. The van der Waals surface area contributed by atoms with Gasteiger partial charge in [0.25, 0.3) is 0 Å². The smallest absolute Gasteiger partial charge is 0.307 e. The number of carbonyl (C=O) groups excluding carboxylic acids is 2. The first kappa shape index (κ1) is 20.6. The number of ether oxygens (including phenoxy) is 1. The maximum absolute atomic E-state index is 12.9. The number of hydrogen-bond donors (Lipinski definition) is 1. The van der Waals surface area contributed by atoms with Gasteiger partial charge >= 0.3 is 5.97 Å². The Morgan fingerprint density at radius 2 is 1.72 bits per heavy atom. The molecule has 29 heavy (non-hydrogen) atoms. The van der Waals surface area contributed by atoms with Gasteiger partial charge in [-0.3, -0.25) is 9.59 Å². The molecule has 1 fully saturated rings.